The molecule has 0 bridgehead atoms. The van der Waals surface area contributed by atoms with Gasteiger partial charge in [-0.1, -0.05) is 13.8 Å². The smallest absolute Gasteiger partial charge is 0.102 e. The van der Waals surface area contributed by atoms with E-state index in [1.54, 1.807) is 0 Å². The van der Waals surface area contributed by atoms with Crippen LogP contribution >= 0.6 is 0 Å². The predicted molar refractivity (Wildman–Crippen MR) is 53.2 cm³/mol. The molecule has 4 N–H and O–H groups in total. The lowest BCUT2D eigenvalue weighted by Gasteiger charge is -2.21. The lowest BCUT2D eigenvalue weighted by molar-refractivity contribution is 0.0867. The fourth-order valence-electron chi connectivity index (χ4n) is 1.23. The third kappa shape index (κ3) is 6.95. The van der Waals surface area contributed by atoms with Crippen molar-refractivity contribution in [1.82, 2.24) is 4.90 Å². The zero-order valence-electron chi connectivity index (χ0n) is 8.61. The monoisotopic (exact) mass is 190 g/mol. The summed E-state index contributed by atoms with van der Waals surface area (Å²) in [6.45, 7) is 6.68. The van der Waals surface area contributed by atoms with Crippen molar-refractivity contribution < 1.29 is 10.2 Å². The number of nitrogens with zero attached hydrogens (tertiary/aromatic N) is 1. The van der Waals surface area contributed by atoms with Crippen LogP contribution in [-0.4, -0.2) is 47.1 Å². The lowest BCUT2D eigenvalue weighted by Crippen LogP contribution is -2.33. The minimum absolute atomic E-state index is 0.377. The highest BCUT2D eigenvalue weighted by atomic mass is 16.3. The molecule has 0 spiro atoms. The standard InChI is InChI=1S/C9H22N2O2/c1-3-11(4-2)7-8(12)5-6-9(10)13/h8-9,12-13H,3-7,10H2,1-2H3. The van der Waals surface area contributed by atoms with Crippen LogP contribution in [-0.2, 0) is 0 Å². The first-order valence-electron chi connectivity index (χ1n) is 4.94. The Kier molecular flexibility index (Phi) is 7.17. The average molecular weight is 190 g/mol. The molecule has 80 valence electrons. The van der Waals surface area contributed by atoms with Gasteiger partial charge in [-0.3, -0.25) is 0 Å². The molecular formula is C9H22N2O2. The highest BCUT2D eigenvalue weighted by molar-refractivity contribution is 4.63. The number of likely N-dealkylation sites (N-methyl/N-ethyl adjacent to an activating group) is 1. The molecule has 0 radical (unpaired) electrons. The Bertz CT molecular complexity index is 116. The van der Waals surface area contributed by atoms with E-state index in [0.717, 1.165) is 13.1 Å². The summed E-state index contributed by atoms with van der Waals surface area (Å²) in [6.07, 6.45) is -0.152. The van der Waals surface area contributed by atoms with Crippen LogP contribution in [0.25, 0.3) is 0 Å². The molecule has 0 aliphatic heterocycles. The van der Waals surface area contributed by atoms with Crippen LogP contribution in [0.5, 0.6) is 0 Å². The third-order valence-electron chi connectivity index (χ3n) is 2.16. The van der Waals surface area contributed by atoms with Crippen LogP contribution in [0.1, 0.15) is 26.7 Å². The van der Waals surface area contributed by atoms with E-state index in [1.165, 1.54) is 0 Å². The number of hydrogen-bond acceptors (Lipinski definition) is 4. The van der Waals surface area contributed by atoms with Crippen LogP contribution in [0.15, 0.2) is 0 Å². The van der Waals surface area contributed by atoms with Gasteiger partial charge in [-0.15, -0.1) is 0 Å². The zero-order valence-corrected chi connectivity index (χ0v) is 8.61. The first-order valence-corrected chi connectivity index (χ1v) is 4.94. The van der Waals surface area contributed by atoms with Gasteiger partial charge in [0.2, 0.25) is 0 Å². The summed E-state index contributed by atoms with van der Waals surface area (Å²) in [6, 6.07) is 0. The van der Waals surface area contributed by atoms with E-state index in [1.807, 2.05) is 0 Å². The molecule has 0 heterocycles. The van der Waals surface area contributed by atoms with Gasteiger partial charge in [-0.25, -0.2) is 0 Å². The molecule has 4 nitrogen and oxygen atoms in total. The van der Waals surface area contributed by atoms with Gasteiger partial charge >= 0.3 is 0 Å². The molecule has 13 heavy (non-hydrogen) atoms. The van der Waals surface area contributed by atoms with Crippen LogP contribution in [0.2, 0.25) is 0 Å². The molecule has 0 fully saturated rings. The second kappa shape index (κ2) is 7.26. The fourth-order valence-corrected chi connectivity index (χ4v) is 1.23. The van der Waals surface area contributed by atoms with E-state index in [-0.39, 0.29) is 6.10 Å². The highest BCUT2D eigenvalue weighted by Gasteiger charge is 2.09. The summed E-state index contributed by atoms with van der Waals surface area (Å²) >= 11 is 0. The number of aliphatic hydroxyl groups excluding tert-OH is 2. The molecular weight excluding hydrogens is 168 g/mol. The van der Waals surface area contributed by atoms with E-state index in [4.69, 9.17) is 10.8 Å². The Morgan fingerprint density at radius 1 is 1.15 bits per heavy atom. The summed E-state index contributed by atoms with van der Waals surface area (Å²) < 4.78 is 0. The SMILES string of the molecule is CCN(CC)CC(O)CCC(N)O. The predicted octanol–water partition coefficient (Wildman–Crippen LogP) is -0.254. The number of aliphatic hydroxyl groups is 2. The van der Waals surface area contributed by atoms with Gasteiger partial charge in [0.1, 0.15) is 6.23 Å². The van der Waals surface area contributed by atoms with Gasteiger partial charge in [0.05, 0.1) is 6.10 Å². The molecule has 0 rings (SSSR count). The van der Waals surface area contributed by atoms with Crippen molar-refractivity contribution in [2.75, 3.05) is 19.6 Å². The minimum Gasteiger partial charge on any atom is -0.392 e. The Labute approximate surface area is 80.3 Å². The Hall–Kier alpha value is -0.160. The maximum atomic E-state index is 9.52. The summed E-state index contributed by atoms with van der Waals surface area (Å²) in [7, 11) is 0. The van der Waals surface area contributed by atoms with Crippen molar-refractivity contribution in [2.45, 2.75) is 39.0 Å². The van der Waals surface area contributed by atoms with Gasteiger partial charge in [0.15, 0.2) is 0 Å². The maximum Gasteiger partial charge on any atom is 0.102 e. The van der Waals surface area contributed by atoms with Crippen LogP contribution in [0, 0.1) is 0 Å². The molecule has 0 aliphatic rings. The van der Waals surface area contributed by atoms with Crippen LogP contribution < -0.4 is 5.73 Å². The van der Waals surface area contributed by atoms with E-state index >= 15 is 0 Å². The summed E-state index contributed by atoms with van der Waals surface area (Å²) in [5.41, 5.74) is 5.17. The van der Waals surface area contributed by atoms with Crippen molar-refractivity contribution in [3.8, 4) is 0 Å². The number of rotatable bonds is 7. The largest absolute Gasteiger partial charge is 0.392 e. The molecule has 4 heteroatoms. The average Bonchev–Trinajstić information content (AvgIpc) is 2.10. The number of nitrogens with two attached hydrogens (primary N) is 1. The van der Waals surface area contributed by atoms with Gasteiger partial charge in [0.25, 0.3) is 0 Å². The molecule has 0 aromatic carbocycles. The van der Waals surface area contributed by atoms with Crippen molar-refractivity contribution in [3.63, 3.8) is 0 Å². The molecule has 0 amide bonds. The minimum atomic E-state index is -0.800. The molecule has 2 atom stereocenters. The highest BCUT2D eigenvalue weighted by Crippen LogP contribution is 2.01. The molecule has 0 saturated heterocycles. The van der Waals surface area contributed by atoms with E-state index < -0.39 is 6.23 Å². The molecule has 0 aromatic heterocycles. The number of hydrogen-bond donors (Lipinski definition) is 3. The van der Waals surface area contributed by atoms with Crippen molar-refractivity contribution in [3.05, 3.63) is 0 Å². The van der Waals surface area contributed by atoms with Gasteiger partial charge < -0.3 is 20.8 Å². The second-order valence-corrected chi connectivity index (χ2v) is 3.28. The molecule has 0 aromatic rings. The van der Waals surface area contributed by atoms with E-state index in [9.17, 15) is 5.11 Å². The summed E-state index contributed by atoms with van der Waals surface area (Å²) in [5.74, 6) is 0. The third-order valence-corrected chi connectivity index (χ3v) is 2.16. The topological polar surface area (TPSA) is 69.7 Å². The van der Waals surface area contributed by atoms with Gasteiger partial charge in [0, 0.05) is 6.54 Å². The maximum absolute atomic E-state index is 9.52. The first-order chi connectivity index (χ1) is 6.10. The van der Waals surface area contributed by atoms with Crippen LogP contribution in [0.3, 0.4) is 0 Å². The van der Waals surface area contributed by atoms with Crippen molar-refractivity contribution in [2.24, 2.45) is 5.73 Å². The van der Waals surface area contributed by atoms with E-state index in [0.29, 0.717) is 19.4 Å². The fraction of sp³-hybridized carbons (Fsp3) is 1.00. The molecule has 0 saturated carbocycles. The normalized spacial score (nSPS) is 16.2. The summed E-state index contributed by atoms with van der Waals surface area (Å²) in [4.78, 5) is 2.15. The van der Waals surface area contributed by atoms with Gasteiger partial charge in [-0.2, -0.15) is 0 Å². The van der Waals surface area contributed by atoms with Crippen molar-refractivity contribution in [1.29, 1.82) is 0 Å². The van der Waals surface area contributed by atoms with Crippen molar-refractivity contribution >= 4 is 0 Å². The summed E-state index contributed by atoms with van der Waals surface area (Å²) in [5, 5.41) is 18.3. The Morgan fingerprint density at radius 3 is 2.08 bits per heavy atom. The van der Waals surface area contributed by atoms with E-state index in [2.05, 4.69) is 18.7 Å². The molecule has 2 unspecified atom stereocenters. The lowest BCUT2D eigenvalue weighted by atomic mass is 10.1. The quantitative estimate of drug-likeness (QED) is 0.484. The van der Waals surface area contributed by atoms with Crippen LogP contribution in [0.4, 0.5) is 0 Å². The zero-order chi connectivity index (χ0) is 10.3. The molecule has 0 aliphatic carbocycles. The van der Waals surface area contributed by atoms with Gasteiger partial charge in [-0.05, 0) is 25.9 Å². The first kappa shape index (κ1) is 12.8. The Balaban J connectivity index is 3.53. The Morgan fingerprint density at radius 2 is 1.69 bits per heavy atom. The second-order valence-electron chi connectivity index (χ2n) is 3.28.